The first-order valence-corrected chi connectivity index (χ1v) is 10.2. The minimum Gasteiger partial charge on any atom is -0.495 e. The summed E-state index contributed by atoms with van der Waals surface area (Å²) in [5, 5.41) is 2.81. The largest absolute Gasteiger partial charge is 0.495 e. The number of nitrogens with zero attached hydrogens (tertiary/aromatic N) is 1. The van der Waals surface area contributed by atoms with Crippen molar-refractivity contribution in [3.8, 4) is 5.75 Å². The van der Waals surface area contributed by atoms with E-state index in [2.05, 4.69) is 5.32 Å². The Morgan fingerprint density at radius 1 is 1.24 bits per heavy atom. The van der Waals surface area contributed by atoms with Gasteiger partial charge in [-0.1, -0.05) is 32.1 Å². The molecule has 1 fully saturated rings. The Hall–Kier alpha value is -1.60. The molecule has 0 aliphatic heterocycles. The zero-order valence-electron chi connectivity index (χ0n) is 15.2. The van der Waals surface area contributed by atoms with Crippen LogP contribution in [0.3, 0.4) is 0 Å². The summed E-state index contributed by atoms with van der Waals surface area (Å²) in [5.74, 6) is 0.967. The standard InChI is InChI=1S/C18H28N2O4S/c1-20(2)25(22,23)15-10-11-17(24-3)16(13-15)19-18(21)12-9-14-7-5-4-6-8-14/h10-11,13-14H,4-9,12H2,1-3H3,(H,19,21). The normalized spacial score (nSPS) is 16.0. The van der Waals surface area contributed by atoms with E-state index < -0.39 is 10.0 Å². The van der Waals surface area contributed by atoms with Crippen LogP contribution in [0.5, 0.6) is 5.75 Å². The highest BCUT2D eigenvalue weighted by Crippen LogP contribution is 2.30. The van der Waals surface area contributed by atoms with Crippen LogP contribution in [-0.4, -0.2) is 39.8 Å². The lowest BCUT2D eigenvalue weighted by Crippen LogP contribution is -2.22. The first kappa shape index (κ1) is 19.7. The molecule has 1 aromatic carbocycles. The van der Waals surface area contributed by atoms with Crippen molar-refractivity contribution in [3.05, 3.63) is 18.2 Å². The number of benzene rings is 1. The molecule has 7 heteroatoms. The fourth-order valence-corrected chi connectivity index (χ4v) is 4.11. The molecule has 1 saturated carbocycles. The number of methoxy groups -OCH3 is 1. The quantitative estimate of drug-likeness (QED) is 0.802. The van der Waals surface area contributed by atoms with E-state index in [4.69, 9.17) is 4.74 Å². The molecule has 0 bridgehead atoms. The average Bonchev–Trinajstić information content (AvgIpc) is 2.60. The monoisotopic (exact) mass is 368 g/mol. The van der Waals surface area contributed by atoms with Gasteiger partial charge >= 0.3 is 0 Å². The van der Waals surface area contributed by atoms with E-state index in [0.29, 0.717) is 23.8 Å². The van der Waals surface area contributed by atoms with Crippen molar-refractivity contribution in [2.75, 3.05) is 26.5 Å². The second kappa shape index (κ2) is 8.67. The van der Waals surface area contributed by atoms with Gasteiger partial charge in [0.25, 0.3) is 0 Å². The van der Waals surface area contributed by atoms with E-state index in [9.17, 15) is 13.2 Å². The van der Waals surface area contributed by atoms with E-state index in [1.54, 1.807) is 6.07 Å². The van der Waals surface area contributed by atoms with E-state index in [-0.39, 0.29) is 10.8 Å². The summed E-state index contributed by atoms with van der Waals surface area (Å²) in [6.07, 6.45) is 7.53. The zero-order chi connectivity index (χ0) is 18.4. The second-order valence-corrected chi connectivity index (χ2v) is 8.89. The SMILES string of the molecule is COc1ccc(S(=O)(=O)N(C)C)cc1NC(=O)CCC1CCCCC1. The molecular formula is C18H28N2O4S. The number of ether oxygens (including phenoxy) is 1. The molecule has 0 radical (unpaired) electrons. The molecule has 1 aliphatic carbocycles. The van der Waals surface area contributed by atoms with Crippen LogP contribution in [0, 0.1) is 5.92 Å². The number of amides is 1. The van der Waals surface area contributed by atoms with Gasteiger partial charge in [-0.05, 0) is 30.5 Å². The summed E-state index contributed by atoms with van der Waals surface area (Å²) in [7, 11) is 0.878. The third kappa shape index (κ3) is 5.19. The molecule has 1 amide bonds. The van der Waals surface area contributed by atoms with E-state index in [0.717, 1.165) is 10.7 Å². The molecular weight excluding hydrogens is 340 g/mol. The topological polar surface area (TPSA) is 75.7 Å². The number of sulfonamides is 1. The zero-order valence-corrected chi connectivity index (χ0v) is 16.1. The first-order valence-electron chi connectivity index (χ1n) is 8.75. The lowest BCUT2D eigenvalue weighted by atomic mass is 9.86. The molecule has 2 rings (SSSR count). The van der Waals surface area contributed by atoms with Crippen LogP contribution in [0.25, 0.3) is 0 Å². The van der Waals surface area contributed by atoms with Crippen molar-refractivity contribution in [1.82, 2.24) is 4.31 Å². The van der Waals surface area contributed by atoms with Crippen LogP contribution in [0.15, 0.2) is 23.1 Å². The highest BCUT2D eigenvalue weighted by molar-refractivity contribution is 7.89. The minimum absolute atomic E-state index is 0.108. The van der Waals surface area contributed by atoms with Crippen LogP contribution >= 0.6 is 0 Å². The van der Waals surface area contributed by atoms with Gasteiger partial charge in [-0.2, -0.15) is 0 Å². The van der Waals surface area contributed by atoms with Crippen molar-refractivity contribution in [2.24, 2.45) is 5.92 Å². The van der Waals surface area contributed by atoms with Gasteiger partial charge in [-0.3, -0.25) is 4.79 Å². The number of hydrogen-bond acceptors (Lipinski definition) is 4. The third-order valence-electron chi connectivity index (χ3n) is 4.73. The molecule has 0 spiro atoms. The molecule has 1 aliphatic rings. The highest BCUT2D eigenvalue weighted by atomic mass is 32.2. The number of hydrogen-bond donors (Lipinski definition) is 1. The number of carbonyl (C=O) groups is 1. The number of rotatable bonds is 7. The van der Waals surface area contributed by atoms with E-state index >= 15 is 0 Å². The molecule has 25 heavy (non-hydrogen) atoms. The van der Waals surface area contributed by atoms with Crippen molar-refractivity contribution in [1.29, 1.82) is 0 Å². The number of anilines is 1. The maximum atomic E-state index is 12.3. The lowest BCUT2D eigenvalue weighted by Gasteiger charge is -2.21. The molecule has 6 nitrogen and oxygen atoms in total. The Morgan fingerprint density at radius 3 is 2.52 bits per heavy atom. The predicted octanol–water partition coefficient (Wildman–Crippen LogP) is 3.24. The molecule has 1 N–H and O–H groups in total. The summed E-state index contributed by atoms with van der Waals surface area (Å²) in [4.78, 5) is 12.4. The van der Waals surface area contributed by atoms with Crippen molar-refractivity contribution < 1.29 is 17.9 Å². The van der Waals surface area contributed by atoms with Crippen LogP contribution in [0.1, 0.15) is 44.9 Å². The number of carbonyl (C=O) groups excluding carboxylic acids is 1. The van der Waals surface area contributed by atoms with Gasteiger partial charge in [-0.25, -0.2) is 12.7 Å². The fraction of sp³-hybridized carbons (Fsp3) is 0.611. The Bertz CT molecular complexity index is 695. The maximum Gasteiger partial charge on any atom is 0.242 e. The minimum atomic E-state index is -3.56. The van der Waals surface area contributed by atoms with Crippen molar-refractivity contribution in [2.45, 2.75) is 49.8 Å². The second-order valence-electron chi connectivity index (χ2n) is 6.74. The molecule has 1 aromatic rings. The van der Waals surface area contributed by atoms with Crippen LogP contribution < -0.4 is 10.1 Å². The summed E-state index contributed by atoms with van der Waals surface area (Å²) in [5.41, 5.74) is 0.388. The molecule has 0 aromatic heterocycles. The first-order chi connectivity index (χ1) is 11.8. The Morgan fingerprint density at radius 2 is 1.92 bits per heavy atom. The molecule has 0 unspecified atom stereocenters. The average molecular weight is 368 g/mol. The van der Waals surface area contributed by atoms with Gasteiger partial charge < -0.3 is 10.1 Å². The summed E-state index contributed by atoms with van der Waals surface area (Å²) >= 11 is 0. The summed E-state index contributed by atoms with van der Waals surface area (Å²) in [6, 6.07) is 4.49. The molecule has 0 saturated heterocycles. The summed E-state index contributed by atoms with van der Waals surface area (Å²) in [6.45, 7) is 0. The van der Waals surface area contributed by atoms with Gasteiger partial charge in [0.2, 0.25) is 15.9 Å². The Kier molecular flexibility index (Phi) is 6.84. The maximum absolute atomic E-state index is 12.3. The Labute approximate surface area is 150 Å². The van der Waals surface area contributed by atoms with E-state index in [1.807, 2.05) is 0 Å². The lowest BCUT2D eigenvalue weighted by molar-refractivity contribution is -0.116. The predicted molar refractivity (Wildman–Crippen MR) is 98.3 cm³/mol. The Balaban J connectivity index is 2.07. The van der Waals surface area contributed by atoms with Crippen LogP contribution in [0.2, 0.25) is 0 Å². The van der Waals surface area contributed by atoms with Gasteiger partial charge in [0, 0.05) is 20.5 Å². The fourth-order valence-electron chi connectivity index (χ4n) is 3.18. The van der Waals surface area contributed by atoms with Crippen molar-refractivity contribution in [3.63, 3.8) is 0 Å². The van der Waals surface area contributed by atoms with Gasteiger partial charge in [0.1, 0.15) is 5.75 Å². The third-order valence-corrected chi connectivity index (χ3v) is 6.54. The number of nitrogens with one attached hydrogen (secondary N) is 1. The summed E-state index contributed by atoms with van der Waals surface area (Å²) < 4.78 is 30.9. The van der Waals surface area contributed by atoms with Crippen LogP contribution in [0.4, 0.5) is 5.69 Å². The highest BCUT2D eigenvalue weighted by Gasteiger charge is 2.20. The molecule has 0 atom stereocenters. The van der Waals surface area contributed by atoms with Crippen LogP contribution in [-0.2, 0) is 14.8 Å². The molecule has 0 heterocycles. The van der Waals surface area contributed by atoms with Gasteiger partial charge in [0.15, 0.2) is 0 Å². The van der Waals surface area contributed by atoms with Gasteiger partial charge in [-0.15, -0.1) is 0 Å². The van der Waals surface area contributed by atoms with E-state index in [1.165, 1.54) is 65.4 Å². The van der Waals surface area contributed by atoms with Crippen molar-refractivity contribution >= 4 is 21.6 Å². The smallest absolute Gasteiger partial charge is 0.242 e. The van der Waals surface area contributed by atoms with Gasteiger partial charge in [0.05, 0.1) is 17.7 Å². The molecule has 140 valence electrons.